The smallest absolute Gasteiger partial charge is 0.344 e. The lowest BCUT2D eigenvalue weighted by molar-refractivity contribution is -0.535. The van der Waals surface area contributed by atoms with Crippen LogP contribution < -0.4 is 20.7 Å². The molecule has 0 bridgehead atoms. The van der Waals surface area contributed by atoms with Crippen LogP contribution in [-0.2, 0) is 0 Å². The molecule has 2 fully saturated rings. The Morgan fingerprint density at radius 2 is 1.26 bits per heavy atom. The minimum Gasteiger partial charge on any atom is -0.446 e. The molecular weight excluding hydrogens is 427 g/mol. The van der Waals surface area contributed by atoms with Gasteiger partial charge in [-0.25, -0.2) is 10.3 Å². The molecule has 1 N–H and O–H groups in total. The maximum Gasteiger partial charge on any atom is 0.344 e. The number of anilines is 1. The van der Waals surface area contributed by atoms with Crippen LogP contribution in [0.3, 0.4) is 0 Å². The second-order valence-corrected chi connectivity index (χ2v) is 10.7. The molecule has 2 aliphatic carbocycles. The Bertz CT molecular complexity index is 1110. The van der Waals surface area contributed by atoms with Crippen LogP contribution in [0.15, 0.2) is 90.1 Å². The van der Waals surface area contributed by atoms with Crippen LogP contribution in [0.5, 0.6) is 0 Å². The summed E-state index contributed by atoms with van der Waals surface area (Å²) in [7, 11) is 0. The van der Waals surface area contributed by atoms with E-state index in [4.69, 9.17) is 4.99 Å². The number of aromatic nitrogens is 1. The van der Waals surface area contributed by atoms with Crippen LogP contribution in [0, 0.1) is 0 Å². The van der Waals surface area contributed by atoms with E-state index in [0.717, 1.165) is 11.8 Å². The van der Waals surface area contributed by atoms with Gasteiger partial charge in [-0.3, -0.25) is 0 Å². The molecule has 3 aliphatic rings. The first-order valence-electron chi connectivity index (χ1n) is 13.8. The van der Waals surface area contributed by atoms with Crippen molar-refractivity contribution in [1.29, 1.82) is 0 Å². The van der Waals surface area contributed by atoms with E-state index < -0.39 is 6.42 Å². The van der Waals surface area contributed by atoms with Gasteiger partial charge in [0, 0.05) is 12.3 Å². The number of benzene rings is 2. The van der Waals surface area contributed by atoms with Crippen LogP contribution in [-0.4, -0.2) is 29.3 Å². The Morgan fingerprint density at radius 3 is 1.89 bits per heavy atom. The van der Waals surface area contributed by atoms with Crippen LogP contribution >= 0.6 is 0 Å². The fraction of sp³-hybridized carbons (Fsp3) is 0.400. The van der Waals surface area contributed by atoms with Gasteiger partial charge in [0.05, 0.1) is 6.04 Å². The van der Waals surface area contributed by atoms with Crippen LogP contribution in [0.1, 0.15) is 64.2 Å². The molecule has 0 radical (unpaired) electrons. The average molecular weight is 464 g/mol. The molecule has 180 valence electrons. The van der Waals surface area contributed by atoms with E-state index in [1.165, 1.54) is 75.1 Å². The van der Waals surface area contributed by atoms with Crippen molar-refractivity contribution in [2.75, 3.05) is 5.32 Å². The lowest BCUT2D eigenvalue weighted by Crippen LogP contribution is -2.91. The fourth-order valence-corrected chi connectivity index (χ4v) is 6.97. The predicted molar refractivity (Wildman–Crippen MR) is 147 cm³/mol. The largest absolute Gasteiger partial charge is 0.446 e. The van der Waals surface area contributed by atoms with E-state index in [1.54, 1.807) is 0 Å². The average Bonchev–Trinajstić information content (AvgIpc) is 2.94. The summed E-state index contributed by atoms with van der Waals surface area (Å²) >= 11 is 0. The summed E-state index contributed by atoms with van der Waals surface area (Å²) in [5.74, 6) is 2.21. The number of hydrogen-bond donors (Lipinski definition) is 1. The van der Waals surface area contributed by atoms with Gasteiger partial charge in [0.15, 0.2) is 0 Å². The molecule has 0 saturated heterocycles. The number of rotatable bonds is 4. The van der Waals surface area contributed by atoms with Crippen molar-refractivity contribution in [2.24, 2.45) is 4.99 Å². The van der Waals surface area contributed by atoms with Gasteiger partial charge in [-0.05, 0) is 37.8 Å². The molecule has 4 nitrogen and oxygen atoms in total. The molecule has 2 heterocycles. The first kappa shape index (κ1) is 22.4. The van der Waals surface area contributed by atoms with Crippen LogP contribution in [0.4, 0.5) is 5.82 Å². The van der Waals surface area contributed by atoms with Crippen molar-refractivity contribution in [3.63, 3.8) is 0 Å². The van der Waals surface area contributed by atoms with Crippen molar-refractivity contribution < 1.29 is 4.48 Å². The Balaban J connectivity index is 1.64. The van der Waals surface area contributed by atoms with Gasteiger partial charge in [-0.15, -0.1) is 10.9 Å². The maximum atomic E-state index is 5.53. The maximum absolute atomic E-state index is 5.53. The van der Waals surface area contributed by atoms with E-state index in [9.17, 15) is 0 Å². The zero-order chi connectivity index (χ0) is 23.5. The molecule has 0 spiro atoms. The van der Waals surface area contributed by atoms with E-state index in [-0.39, 0.29) is 0 Å². The van der Waals surface area contributed by atoms with Crippen molar-refractivity contribution in [3.8, 4) is 0 Å². The lowest BCUT2D eigenvalue weighted by atomic mass is 9.34. The molecule has 1 aromatic heterocycles. The number of hydrogen-bond acceptors (Lipinski definition) is 1. The molecule has 5 heteroatoms. The Kier molecular flexibility index (Phi) is 6.33. The number of fused-ring (bicyclic) bond motifs is 1. The highest BCUT2D eigenvalue weighted by Gasteiger charge is 2.51. The summed E-state index contributed by atoms with van der Waals surface area (Å²) in [5, 5.41) is 3.84. The van der Waals surface area contributed by atoms with E-state index >= 15 is 0 Å². The summed E-state index contributed by atoms with van der Waals surface area (Å²) in [5.41, 5.74) is 2.69. The van der Waals surface area contributed by atoms with Crippen LogP contribution in [0.25, 0.3) is 0 Å². The minimum atomic E-state index is -1.47. The Labute approximate surface area is 210 Å². The van der Waals surface area contributed by atoms with Crippen molar-refractivity contribution in [2.45, 2.75) is 76.3 Å². The Hall–Kier alpha value is -3.08. The quantitative estimate of drug-likeness (QED) is 0.561. The second-order valence-electron chi connectivity index (χ2n) is 10.7. The fourth-order valence-electron chi connectivity index (χ4n) is 6.97. The number of guanidine groups is 1. The van der Waals surface area contributed by atoms with Gasteiger partial charge in [0.25, 0.3) is 5.96 Å². The topological polar surface area (TPSA) is 31.5 Å². The summed E-state index contributed by atoms with van der Waals surface area (Å²) < 4.78 is 2.51. The number of nitrogens with zero attached hydrogens (tertiary/aromatic N) is 3. The normalized spacial score (nSPS) is 21.9. The van der Waals surface area contributed by atoms with Gasteiger partial charge in [-0.2, -0.15) is 0 Å². The van der Waals surface area contributed by atoms with Gasteiger partial charge in [-0.1, -0.05) is 105 Å². The minimum absolute atomic E-state index is 0.410. The van der Waals surface area contributed by atoms with E-state index in [2.05, 4.69) is 99.7 Å². The summed E-state index contributed by atoms with van der Waals surface area (Å²) in [6, 6.07) is 29.8. The van der Waals surface area contributed by atoms with Crippen molar-refractivity contribution >= 4 is 29.1 Å². The van der Waals surface area contributed by atoms with Gasteiger partial charge < -0.3 is 9.29 Å². The zero-order valence-corrected chi connectivity index (χ0v) is 20.7. The van der Waals surface area contributed by atoms with Crippen molar-refractivity contribution in [1.82, 2.24) is 4.81 Å². The third-order valence-electron chi connectivity index (χ3n) is 8.56. The highest BCUT2D eigenvalue weighted by molar-refractivity contribution is 6.95. The summed E-state index contributed by atoms with van der Waals surface area (Å²) in [6.45, 7) is 0. The summed E-state index contributed by atoms with van der Waals surface area (Å²) in [6.07, 6.45) is 13.5. The molecule has 0 amide bonds. The number of pyridine rings is 1. The number of nitrogens with one attached hydrogen (secondary N) is 1. The molecular formula is C30H37BN4. The highest BCUT2D eigenvalue weighted by Crippen LogP contribution is 2.30. The standard InChI is InChI=1S/C30H37BN4/c1-5-15-25(16-6-1)31(26-17-7-2-8-18-26)34-24-14-13-23-29(34)33-30(32-27-19-9-3-10-20-27)35(31)28-21-11-4-12-22-28/h1-2,5-8,13-18,23-24,27-28H,3-4,9-12,19-22H2,(H,32,33). The second kappa shape index (κ2) is 9.89. The predicted octanol–water partition coefficient (Wildman–Crippen LogP) is 4.83. The highest BCUT2D eigenvalue weighted by atomic mass is 15.4. The van der Waals surface area contributed by atoms with Crippen molar-refractivity contribution in [3.05, 3.63) is 85.1 Å². The third-order valence-corrected chi connectivity index (χ3v) is 8.56. The molecule has 2 aromatic carbocycles. The van der Waals surface area contributed by atoms with Crippen LogP contribution in [0.2, 0.25) is 0 Å². The van der Waals surface area contributed by atoms with E-state index in [1.807, 2.05) is 0 Å². The monoisotopic (exact) mass is 464 g/mol. The zero-order valence-electron chi connectivity index (χ0n) is 20.7. The SMILES string of the molecule is c1ccc([B-]2(c3ccccc3)N(C3CCCCC3)C(=NC3CCCCC3)Nc3cccc[n+]32)cc1. The molecule has 35 heavy (non-hydrogen) atoms. The third kappa shape index (κ3) is 4.05. The molecule has 0 atom stereocenters. The molecule has 2 saturated carbocycles. The van der Waals surface area contributed by atoms with Gasteiger partial charge in [0.1, 0.15) is 0 Å². The number of aliphatic imine (C=N–C) groups is 1. The van der Waals surface area contributed by atoms with Gasteiger partial charge in [0.2, 0.25) is 5.82 Å². The van der Waals surface area contributed by atoms with Gasteiger partial charge >= 0.3 is 6.42 Å². The molecule has 0 unspecified atom stereocenters. The first-order valence-corrected chi connectivity index (χ1v) is 13.8. The summed E-state index contributed by atoms with van der Waals surface area (Å²) in [4.78, 5) is 8.27. The van der Waals surface area contributed by atoms with E-state index in [0.29, 0.717) is 12.1 Å². The Morgan fingerprint density at radius 1 is 0.686 bits per heavy atom. The molecule has 6 rings (SSSR count). The first-order chi connectivity index (χ1) is 17.4. The molecule has 1 aliphatic heterocycles. The lowest BCUT2D eigenvalue weighted by Gasteiger charge is -2.56. The molecule has 3 aromatic rings.